The molecule has 0 amide bonds. The van der Waals surface area contributed by atoms with Crippen molar-refractivity contribution in [1.82, 2.24) is 15.0 Å². The van der Waals surface area contributed by atoms with E-state index in [4.69, 9.17) is 0 Å². The first-order valence-corrected chi connectivity index (χ1v) is 4.98. The van der Waals surface area contributed by atoms with E-state index >= 15 is 0 Å². The smallest absolute Gasteiger partial charge is 0.264 e. The van der Waals surface area contributed by atoms with Crippen LogP contribution in [0.2, 0.25) is 0 Å². The first-order valence-electron chi connectivity index (χ1n) is 3.17. The number of hydrogen-bond donors (Lipinski definition) is 0. The third-order valence-electron chi connectivity index (χ3n) is 1.07. The molecule has 0 saturated carbocycles. The maximum absolute atomic E-state index is 10.5. The third-order valence-corrected chi connectivity index (χ3v) is 1.62. The normalized spacial score (nSPS) is 11.8. The zero-order valence-corrected chi connectivity index (χ0v) is 7.58. The summed E-state index contributed by atoms with van der Waals surface area (Å²) in [6.07, 6.45) is 2.58. The number of hydrogen-bond acceptors (Lipinski definition) is 5. The fraction of sp³-hybridized carbons (Fsp3) is 0.600. The molecule has 0 bridgehead atoms. The highest BCUT2D eigenvalue weighted by molar-refractivity contribution is 7.85. The molecule has 0 aliphatic heterocycles. The van der Waals surface area contributed by atoms with Crippen LogP contribution in [0, 0.1) is 0 Å². The highest BCUT2D eigenvalue weighted by Crippen LogP contribution is 1.97. The largest absolute Gasteiger partial charge is 0.264 e. The fourth-order valence-corrected chi connectivity index (χ4v) is 0.964. The minimum atomic E-state index is -3.39. The summed E-state index contributed by atoms with van der Waals surface area (Å²) in [5, 5.41) is 7.25. The van der Waals surface area contributed by atoms with Gasteiger partial charge in [0.2, 0.25) is 0 Å². The second-order valence-corrected chi connectivity index (χ2v) is 3.99. The quantitative estimate of drug-likeness (QED) is 0.590. The monoisotopic (exact) mass is 191 g/mol. The lowest BCUT2D eigenvalue weighted by molar-refractivity contribution is 0.307. The van der Waals surface area contributed by atoms with Crippen molar-refractivity contribution >= 4 is 10.1 Å². The lowest BCUT2D eigenvalue weighted by Crippen LogP contribution is -2.02. The molecule has 6 nitrogen and oxygen atoms in total. The second-order valence-electron chi connectivity index (χ2n) is 2.35. The number of aryl methyl sites for hydroxylation is 1. The Kier molecular flexibility index (Phi) is 2.43. The number of rotatable bonds is 3. The Hall–Kier alpha value is -0.950. The highest BCUT2D eigenvalue weighted by atomic mass is 32.2. The van der Waals surface area contributed by atoms with Gasteiger partial charge < -0.3 is 0 Å². The molecule has 0 aliphatic rings. The molecule has 0 unspecified atom stereocenters. The van der Waals surface area contributed by atoms with Crippen molar-refractivity contribution in [3.05, 3.63) is 11.9 Å². The molecule has 0 saturated heterocycles. The van der Waals surface area contributed by atoms with Crippen LogP contribution in [-0.2, 0) is 28.0 Å². The Labute approximate surface area is 70.3 Å². The van der Waals surface area contributed by atoms with Gasteiger partial charge in [-0.25, -0.2) is 0 Å². The molecular formula is C5H9N3O3S. The molecule has 0 spiro atoms. The summed E-state index contributed by atoms with van der Waals surface area (Å²) in [6.45, 7) is -0.0628. The van der Waals surface area contributed by atoms with Gasteiger partial charge in [-0.05, 0) is 0 Å². The van der Waals surface area contributed by atoms with Gasteiger partial charge in [-0.15, -0.1) is 5.10 Å². The lowest BCUT2D eigenvalue weighted by Gasteiger charge is -1.95. The van der Waals surface area contributed by atoms with Crippen molar-refractivity contribution in [3.63, 3.8) is 0 Å². The minimum absolute atomic E-state index is 0.0628. The van der Waals surface area contributed by atoms with E-state index in [-0.39, 0.29) is 6.61 Å². The van der Waals surface area contributed by atoms with Gasteiger partial charge >= 0.3 is 0 Å². The molecule has 0 atom stereocenters. The average molecular weight is 191 g/mol. The molecule has 68 valence electrons. The molecule has 0 N–H and O–H groups in total. The van der Waals surface area contributed by atoms with Gasteiger partial charge in [-0.3, -0.25) is 8.86 Å². The van der Waals surface area contributed by atoms with E-state index in [9.17, 15) is 8.42 Å². The zero-order valence-electron chi connectivity index (χ0n) is 6.76. The fourth-order valence-electron chi connectivity index (χ4n) is 0.629. The Balaban J connectivity index is 2.55. The molecule has 0 aliphatic carbocycles. The molecule has 0 fully saturated rings. The Morgan fingerprint density at radius 3 is 2.75 bits per heavy atom. The molecule has 1 aromatic heterocycles. The van der Waals surface area contributed by atoms with Crippen molar-refractivity contribution in [1.29, 1.82) is 0 Å². The molecule has 7 heteroatoms. The number of nitrogens with zero attached hydrogens (tertiary/aromatic N) is 3. The van der Waals surface area contributed by atoms with Gasteiger partial charge in [0, 0.05) is 7.05 Å². The molecule has 0 aromatic carbocycles. The summed E-state index contributed by atoms with van der Waals surface area (Å²) >= 11 is 0. The van der Waals surface area contributed by atoms with Crippen LogP contribution in [-0.4, -0.2) is 29.7 Å². The zero-order chi connectivity index (χ0) is 9.19. The van der Waals surface area contributed by atoms with Crippen molar-refractivity contribution in [2.45, 2.75) is 6.61 Å². The summed E-state index contributed by atoms with van der Waals surface area (Å²) in [5.74, 6) is 0. The highest BCUT2D eigenvalue weighted by Gasteiger charge is 2.04. The predicted octanol–water partition coefficient (Wildman–Crippen LogP) is -0.709. The van der Waals surface area contributed by atoms with Crippen LogP contribution in [0.3, 0.4) is 0 Å². The van der Waals surface area contributed by atoms with E-state index in [0.29, 0.717) is 5.69 Å². The standard InChI is InChI=1S/C5H9N3O3S/c1-8-3-5(6-7-8)4-11-12(2,9)10/h3H,4H2,1-2H3. The van der Waals surface area contributed by atoms with Crippen LogP contribution in [0.4, 0.5) is 0 Å². The number of aromatic nitrogens is 3. The van der Waals surface area contributed by atoms with Crippen LogP contribution < -0.4 is 0 Å². The van der Waals surface area contributed by atoms with Gasteiger partial charge in [0.1, 0.15) is 12.3 Å². The van der Waals surface area contributed by atoms with E-state index in [1.165, 1.54) is 4.68 Å². The first-order chi connectivity index (χ1) is 5.47. The average Bonchev–Trinajstić information content (AvgIpc) is 2.30. The van der Waals surface area contributed by atoms with Gasteiger partial charge in [0.15, 0.2) is 0 Å². The van der Waals surface area contributed by atoms with Crippen LogP contribution in [0.1, 0.15) is 5.69 Å². The second kappa shape index (κ2) is 3.20. The predicted molar refractivity (Wildman–Crippen MR) is 40.6 cm³/mol. The van der Waals surface area contributed by atoms with E-state index in [2.05, 4.69) is 14.5 Å². The van der Waals surface area contributed by atoms with E-state index in [0.717, 1.165) is 6.26 Å². The summed E-state index contributed by atoms with van der Waals surface area (Å²) in [5.41, 5.74) is 0.489. The van der Waals surface area contributed by atoms with Crippen LogP contribution in [0.5, 0.6) is 0 Å². The van der Waals surface area contributed by atoms with Gasteiger partial charge in [-0.2, -0.15) is 8.42 Å². The molecule has 12 heavy (non-hydrogen) atoms. The summed E-state index contributed by atoms with van der Waals surface area (Å²) in [7, 11) is -1.70. The van der Waals surface area contributed by atoms with E-state index in [1.807, 2.05) is 0 Å². The molecule has 0 radical (unpaired) electrons. The van der Waals surface area contributed by atoms with Gasteiger partial charge in [0.25, 0.3) is 10.1 Å². The first kappa shape index (κ1) is 9.14. The van der Waals surface area contributed by atoms with Crippen LogP contribution >= 0.6 is 0 Å². The molecular weight excluding hydrogens is 182 g/mol. The van der Waals surface area contributed by atoms with Crippen molar-refractivity contribution in [2.24, 2.45) is 7.05 Å². The summed E-state index contributed by atoms with van der Waals surface area (Å²) in [4.78, 5) is 0. The van der Waals surface area contributed by atoms with Gasteiger partial charge in [0.05, 0.1) is 12.5 Å². The Morgan fingerprint density at radius 1 is 1.67 bits per heavy atom. The Morgan fingerprint density at radius 2 is 2.33 bits per heavy atom. The third kappa shape index (κ3) is 2.97. The van der Waals surface area contributed by atoms with Crippen LogP contribution in [0.15, 0.2) is 6.20 Å². The van der Waals surface area contributed by atoms with E-state index in [1.54, 1.807) is 13.2 Å². The maximum atomic E-state index is 10.5. The lowest BCUT2D eigenvalue weighted by atomic mass is 10.5. The van der Waals surface area contributed by atoms with Crippen molar-refractivity contribution < 1.29 is 12.6 Å². The molecule has 1 heterocycles. The maximum Gasteiger partial charge on any atom is 0.264 e. The Bertz CT molecular complexity index is 356. The summed E-state index contributed by atoms with van der Waals surface area (Å²) < 4.78 is 27.0. The van der Waals surface area contributed by atoms with Crippen molar-refractivity contribution in [3.8, 4) is 0 Å². The van der Waals surface area contributed by atoms with Crippen LogP contribution in [0.25, 0.3) is 0 Å². The molecule has 1 aromatic rings. The minimum Gasteiger partial charge on any atom is -0.264 e. The summed E-state index contributed by atoms with van der Waals surface area (Å²) in [6, 6.07) is 0. The molecule has 1 rings (SSSR count). The SMILES string of the molecule is Cn1cc(COS(C)(=O)=O)nn1. The van der Waals surface area contributed by atoms with Gasteiger partial charge in [-0.1, -0.05) is 5.21 Å². The topological polar surface area (TPSA) is 74.1 Å². The van der Waals surface area contributed by atoms with Crippen molar-refractivity contribution in [2.75, 3.05) is 6.26 Å². The van der Waals surface area contributed by atoms with E-state index < -0.39 is 10.1 Å².